The summed E-state index contributed by atoms with van der Waals surface area (Å²) >= 11 is 0. The van der Waals surface area contributed by atoms with Crippen LogP contribution in [0.1, 0.15) is 40.9 Å². The Morgan fingerprint density at radius 3 is 2.33 bits per heavy atom. The Balaban J connectivity index is 2.75. The minimum Gasteiger partial charge on any atom is -0.496 e. The fraction of sp³-hybridized carbons (Fsp3) is 0.250. The van der Waals surface area contributed by atoms with Crippen LogP contribution in [-0.4, -0.2) is 32.7 Å². The summed E-state index contributed by atoms with van der Waals surface area (Å²) in [5.74, 6) is -0.692. The molecule has 158 valence electrons. The molecule has 0 amide bonds. The van der Waals surface area contributed by atoms with Crippen molar-refractivity contribution in [3.05, 3.63) is 70.3 Å². The number of esters is 2. The lowest BCUT2D eigenvalue weighted by atomic mass is 9.97. The summed E-state index contributed by atoms with van der Waals surface area (Å²) in [6.07, 6.45) is 5.98. The first-order chi connectivity index (χ1) is 14.4. The number of nitrogens with two attached hydrogens (primary N) is 1. The first-order valence-corrected chi connectivity index (χ1v) is 9.50. The van der Waals surface area contributed by atoms with Gasteiger partial charge in [0.15, 0.2) is 5.75 Å². The fourth-order valence-electron chi connectivity index (χ4n) is 2.84. The molecule has 0 bridgehead atoms. The molecule has 2 aromatic carbocycles. The number of allylic oxidation sites excluding steroid dienone is 2. The quantitative estimate of drug-likeness (QED) is 0.307. The second kappa shape index (κ2) is 11.0. The lowest BCUT2D eigenvalue weighted by molar-refractivity contribution is -0.132. The van der Waals surface area contributed by atoms with Crippen molar-refractivity contribution in [2.45, 2.75) is 20.3 Å². The Morgan fingerprint density at radius 2 is 1.77 bits per heavy atom. The third kappa shape index (κ3) is 5.81. The van der Waals surface area contributed by atoms with Crippen molar-refractivity contribution >= 4 is 24.1 Å². The van der Waals surface area contributed by atoms with E-state index >= 15 is 0 Å². The summed E-state index contributed by atoms with van der Waals surface area (Å²) in [4.78, 5) is 24.7. The van der Waals surface area contributed by atoms with Crippen molar-refractivity contribution in [1.82, 2.24) is 0 Å². The molecule has 2 aromatic rings. The van der Waals surface area contributed by atoms with Gasteiger partial charge in [0.25, 0.3) is 0 Å². The molecular weight excluding hydrogens is 382 g/mol. The van der Waals surface area contributed by atoms with Gasteiger partial charge in [-0.3, -0.25) is 4.79 Å². The van der Waals surface area contributed by atoms with E-state index < -0.39 is 11.9 Å². The molecule has 0 aliphatic heterocycles. The molecule has 0 unspecified atom stereocenters. The van der Waals surface area contributed by atoms with E-state index in [2.05, 4.69) is 0 Å². The van der Waals surface area contributed by atoms with Crippen LogP contribution in [-0.2, 0) is 16.0 Å². The second-order valence-corrected chi connectivity index (χ2v) is 6.75. The van der Waals surface area contributed by atoms with Gasteiger partial charge in [-0.2, -0.15) is 0 Å². The summed E-state index contributed by atoms with van der Waals surface area (Å²) in [5.41, 5.74) is 8.68. The predicted octanol–water partition coefficient (Wildman–Crippen LogP) is 4.03. The summed E-state index contributed by atoms with van der Waals surface area (Å²) in [7, 11) is 2.81. The topological polar surface area (TPSA) is 87.9 Å². The number of hydrogen-bond acceptors (Lipinski definition) is 6. The van der Waals surface area contributed by atoms with E-state index in [4.69, 9.17) is 19.9 Å². The SMILES string of the molecule is COC(=O)c1c(C=Cc2ccccc2)cc(OC)c(CC=C(C)C)c1OC(=O)CN. The number of benzene rings is 2. The molecule has 2 N–H and O–H groups in total. The zero-order valence-electron chi connectivity index (χ0n) is 17.7. The largest absolute Gasteiger partial charge is 0.496 e. The van der Waals surface area contributed by atoms with E-state index in [-0.39, 0.29) is 17.9 Å². The van der Waals surface area contributed by atoms with E-state index in [1.54, 1.807) is 12.1 Å². The standard InChI is InChI=1S/C24H27NO5/c1-16(2)10-13-19-20(28-3)14-18(12-11-17-8-6-5-7-9-17)22(24(27)29-4)23(19)30-21(26)15-25/h5-12,14H,13,15,25H2,1-4H3. The highest BCUT2D eigenvalue weighted by atomic mass is 16.5. The lowest BCUT2D eigenvalue weighted by Gasteiger charge is -2.18. The average Bonchev–Trinajstić information content (AvgIpc) is 2.76. The predicted molar refractivity (Wildman–Crippen MR) is 118 cm³/mol. The summed E-state index contributed by atoms with van der Waals surface area (Å²) < 4.78 is 16.1. The lowest BCUT2D eigenvalue weighted by Crippen LogP contribution is -2.22. The van der Waals surface area contributed by atoms with Crippen molar-refractivity contribution in [1.29, 1.82) is 0 Å². The van der Waals surface area contributed by atoms with Crippen LogP contribution >= 0.6 is 0 Å². The smallest absolute Gasteiger partial charge is 0.342 e. The third-order valence-corrected chi connectivity index (χ3v) is 4.34. The Hall–Kier alpha value is -3.38. The fourth-order valence-corrected chi connectivity index (χ4v) is 2.84. The highest BCUT2D eigenvalue weighted by Gasteiger charge is 2.26. The van der Waals surface area contributed by atoms with Crippen LogP contribution in [0.5, 0.6) is 11.5 Å². The number of hydrogen-bond donors (Lipinski definition) is 1. The molecule has 0 aromatic heterocycles. The van der Waals surface area contributed by atoms with Gasteiger partial charge in [0, 0.05) is 5.56 Å². The van der Waals surface area contributed by atoms with Gasteiger partial charge >= 0.3 is 11.9 Å². The Kier molecular flexibility index (Phi) is 8.38. The van der Waals surface area contributed by atoms with E-state index in [1.165, 1.54) is 14.2 Å². The maximum absolute atomic E-state index is 12.7. The van der Waals surface area contributed by atoms with Gasteiger partial charge in [0.05, 0.1) is 20.8 Å². The molecule has 0 radical (unpaired) electrons. The van der Waals surface area contributed by atoms with Gasteiger partial charge in [-0.05, 0) is 37.5 Å². The zero-order valence-corrected chi connectivity index (χ0v) is 17.7. The van der Waals surface area contributed by atoms with Crippen molar-refractivity contribution < 1.29 is 23.8 Å². The monoisotopic (exact) mass is 409 g/mol. The molecule has 0 aliphatic rings. The Labute approximate surface area is 176 Å². The summed E-state index contributed by atoms with van der Waals surface area (Å²) in [5, 5.41) is 0. The van der Waals surface area contributed by atoms with Crippen LogP contribution in [0.25, 0.3) is 12.2 Å². The van der Waals surface area contributed by atoms with E-state index in [9.17, 15) is 9.59 Å². The molecule has 0 saturated carbocycles. The van der Waals surface area contributed by atoms with Gasteiger partial charge in [-0.25, -0.2) is 4.79 Å². The van der Waals surface area contributed by atoms with Crippen molar-refractivity contribution in [3.8, 4) is 11.5 Å². The van der Waals surface area contributed by atoms with Crippen LogP contribution in [0.4, 0.5) is 0 Å². The number of methoxy groups -OCH3 is 2. The van der Waals surface area contributed by atoms with Gasteiger partial charge < -0.3 is 19.9 Å². The summed E-state index contributed by atoms with van der Waals surface area (Å²) in [6.45, 7) is 3.58. The van der Waals surface area contributed by atoms with Gasteiger partial charge in [0.1, 0.15) is 11.3 Å². The van der Waals surface area contributed by atoms with Crippen LogP contribution in [0.2, 0.25) is 0 Å². The van der Waals surface area contributed by atoms with Crippen LogP contribution in [0, 0.1) is 0 Å². The number of carbonyl (C=O) groups is 2. The third-order valence-electron chi connectivity index (χ3n) is 4.34. The molecule has 0 spiro atoms. The minimum atomic E-state index is -0.662. The van der Waals surface area contributed by atoms with Crippen LogP contribution in [0.15, 0.2) is 48.0 Å². The maximum Gasteiger partial charge on any atom is 0.342 e. The Bertz CT molecular complexity index is 957. The van der Waals surface area contributed by atoms with E-state index in [1.807, 2.05) is 56.3 Å². The van der Waals surface area contributed by atoms with Crippen molar-refractivity contribution in [3.63, 3.8) is 0 Å². The molecule has 0 atom stereocenters. The van der Waals surface area contributed by atoms with E-state index in [0.29, 0.717) is 23.3 Å². The number of ether oxygens (including phenoxy) is 3. The first kappa shape index (κ1) is 22.9. The van der Waals surface area contributed by atoms with Crippen LogP contribution in [0.3, 0.4) is 0 Å². The molecule has 2 rings (SSSR count). The molecule has 0 fully saturated rings. The van der Waals surface area contributed by atoms with Crippen molar-refractivity contribution in [2.75, 3.05) is 20.8 Å². The highest BCUT2D eigenvalue weighted by Crippen LogP contribution is 2.38. The van der Waals surface area contributed by atoms with Gasteiger partial charge in [0.2, 0.25) is 0 Å². The van der Waals surface area contributed by atoms with Crippen molar-refractivity contribution in [2.24, 2.45) is 5.73 Å². The molecule has 0 heterocycles. The molecular formula is C24H27NO5. The number of rotatable bonds is 8. The van der Waals surface area contributed by atoms with Crippen LogP contribution < -0.4 is 15.2 Å². The molecule has 0 saturated heterocycles. The molecule has 30 heavy (non-hydrogen) atoms. The molecule has 6 heteroatoms. The van der Waals surface area contributed by atoms with Gasteiger partial charge in [-0.1, -0.05) is 54.1 Å². The van der Waals surface area contributed by atoms with Gasteiger partial charge in [-0.15, -0.1) is 0 Å². The minimum absolute atomic E-state index is 0.0989. The zero-order chi connectivity index (χ0) is 22.1. The molecule has 0 aliphatic carbocycles. The average molecular weight is 409 g/mol. The maximum atomic E-state index is 12.7. The normalized spacial score (nSPS) is 10.6. The first-order valence-electron chi connectivity index (χ1n) is 9.50. The molecule has 6 nitrogen and oxygen atoms in total. The highest BCUT2D eigenvalue weighted by molar-refractivity contribution is 5.99. The second-order valence-electron chi connectivity index (χ2n) is 6.75. The van der Waals surface area contributed by atoms with E-state index in [0.717, 1.165) is 11.1 Å². The Morgan fingerprint density at radius 1 is 1.07 bits per heavy atom. The summed E-state index contributed by atoms with van der Waals surface area (Å²) in [6, 6.07) is 11.4. The number of carbonyl (C=O) groups excluding carboxylic acids is 2.